The molecule has 0 saturated carbocycles. The molecule has 0 aromatic carbocycles. The molecule has 0 aliphatic heterocycles. The smallest absolute Gasteiger partial charge is 0.356 e. The van der Waals surface area contributed by atoms with Gasteiger partial charge in [-0.2, -0.15) is 0 Å². The molecular formula is C8H13NO4. The van der Waals surface area contributed by atoms with E-state index in [0.29, 0.717) is 6.42 Å². The van der Waals surface area contributed by atoms with Gasteiger partial charge in [-0.3, -0.25) is 4.79 Å². The molecule has 0 atom stereocenters. The minimum atomic E-state index is -0.744. The first kappa shape index (κ1) is 11.6. The summed E-state index contributed by atoms with van der Waals surface area (Å²) in [4.78, 5) is 21.9. The maximum Gasteiger partial charge on any atom is 0.356 e. The Balaban J connectivity index is 4.20. The van der Waals surface area contributed by atoms with Crippen molar-refractivity contribution in [1.29, 1.82) is 0 Å². The Labute approximate surface area is 76.4 Å². The average Bonchev–Trinajstić information content (AvgIpc) is 2.14. The first-order chi connectivity index (χ1) is 6.15. The van der Waals surface area contributed by atoms with Crippen LogP contribution in [0.4, 0.5) is 0 Å². The van der Waals surface area contributed by atoms with Gasteiger partial charge in [-0.25, -0.2) is 4.79 Å². The second-order valence-corrected chi connectivity index (χ2v) is 2.34. The largest absolute Gasteiger partial charge is 0.461 e. The summed E-state index contributed by atoms with van der Waals surface area (Å²) in [5.41, 5.74) is -0.242. The second-order valence-electron chi connectivity index (χ2n) is 2.34. The third-order valence-corrected chi connectivity index (χ3v) is 1.39. The molecule has 0 fully saturated rings. The number of rotatable bonds is 5. The van der Waals surface area contributed by atoms with Crippen LogP contribution in [0.1, 0.15) is 26.7 Å². The number of esters is 1. The molecule has 13 heavy (non-hydrogen) atoms. The molecule has 1 N–H and O–H groups in total. The minimum absolute atomic E-state index is 0.166. The Morgan fingerprint density at radius 2 is 2.00 bits per heavy atom. The fourth-order valence-corrected chi connectivity index (χ4v) is 0.675. The maximum absolute atomic E-state index is 11.0. The first-order valence-electron chi connectivity index (χ1n) is 4.05. The fraction of sp³-hybridized carbons (Fsp3) is 0.625. The number of nitrogens with zero attached hydrogens (tertiary/aromatic N) is 1. The van der Waals surface area contributed by atoms with Crippen LogP contribution in [-0.2, 0) is 14.3 Å². The van der Waals surface area contributed by atoms with Crippen molar-refractivity contribution in [3.8, 4) is 0 Å². The summed E-state index contributed by atoms with van der Waals surface area (Å²) in [6.45, 7) is 3.50. The summed E-state index contributed by atoms with van der Waals surface area (Å²) in [6.07, 6.45) is 0.129. The Morgan fingerprint density at radius 1 is 1.38 bits per heavy atom. The Bertz CT molecular complexity index is 222. The van der Waals surface area contributed by atoms with Gasteiger partial charge in [-0.1, -0.05) is 12.1 Å². The Kier molecular flexibility index (Phi) is 5.50. The van der Waals surface area contributed by atoms with Gasteiger partial charge >= 0.3 is 5.97 Å². The maximum atomic E-state index is 11.0. The highest BCUT2D eigenvalue weighted by Crippen LogP contribution is 1.95. The monoisotopic (exact) mass is 187 g/mol. The zero-order valence-electron chi connectivity index (χ0n) is 7.74. The molecule has 0 radical (unpaired) electrons. The van der Waals surface area contributed by atoms with E-state index in [1.165, 1.54) is 0 Å². The van der Waals surface area contributed by atoms with Gasteiger partial charge in [0, 0.05) is 6.42 Å². The molecule has 5 heteroatoms. The Morgan fingerprint density at radius 3 is 2.38 bits per heavy atom. The minimum Gasteiger partial charge on any atom is -0.461 e. The number of Topliss-reactive ketones (excluding diaryl/α,β-unsaturated/α-hetero) is 1. The van der Waals surface area contributed by atoms with Crippen LogP contribution in [0, 0.1) is 0 Å². The van der Waals surface area contributed by atoms with E-state index in [4.69, 9.17) is 5.21 Å². The molecule has 0 aliphatic carbocycles. The van der Waals surface area contributed by atoms with E-state index in [1.807, 2.05) is 0 Å². The van der Waals surface area contributed by atoms with Crippen LogP contribution in [0.25, 0.3) is 0 Å². The second kappa shape index (κ2) is 6.16. The van der Waals surface area contributed by atoms with Crippen molar-refractivity contribution in [2.75, 3.05) is 6.61 Å². The van der Waals surface area contributed by atoms with Gasteiger partial charge in [-0.15, -0.1) is 0 Å². The van der Waals surface area contributed by atoms with Gasteiger partial charge in [-0.05, 0) is 6.92 Å². The van der Waals surface area contributed by atoms with Crippen molar-refractivity contribution in [2.45, 2.75) is 26.7 Å². The number of hydrogen-bond acceptors (Lipinski definition) is 5. The highest BCUT2D eigenvalue weighted by Gasteiger charge is 2.16. The summed E-state index contributed by atoms with van der Waals surface area (Å²) in [6, 6.07) is 0. The van der Waals surface area contributed by atoms with E-state index >= 15 is 0 Å². The van der Waals surface area contributed by atoms with E-state index in [-0.39, 0.29) is 24.5 Å². The van der Waals surface area contributed by atoms with Crippen LogP contribution in [-0.4, -0.2) is 29.3 Å². The summed E-state index contributed by atoms with van der Waals surface area (Å²) < 4.78 is 4.56. The predicted octanol–water partition coefficient (Wildman–Crippen LogP) is 0.749. The predicted molar refractivity (Wildman–Crippen MR) is 45.8 cm³/mol. The molecule has 0 rings (SSSR count). The van der Waals surface area contributed by atoms with E-state index in [9.17, 15) is 9.59 Å². The summed E-state index contributed by atoms with van der Waals surface area (Å²) >= 11 is 0. The molecule has 0 heterocycles. The number of carbonyl (C=O) groups excluding carboxylic acids is 2. The Hall–Kier alpha value is -1.39. The van der Waals surface area contributed by atoms with E-state index in [2.05, 4.69) is 9.89 Å². The first-order valence-corrected chi connectivity index (χ1v) is 4.05. The van der Waals surface area contributed by atoms with Gasteiger partial charge in [0.25, 0.3) is 0 Å². The lowest BCUT2D eigenvalue weighted by molar-refractivity contribution is -0.135. The normalized spacial score (nSPS) is 11.1. The van der Waals surface area contributed by atoms with Gasteiger partial charge in [0.05, 0.1) is 13.0 Å². The summed E-state index contributed by atoms with van der Waals surface area (Å²) in [5.74, 6) is -0.910. The summed E-state index contributed by atoms with van der Waals surface area (Å²) in [5, 5.41) is 11.1. The third kappa shape index (κ3) is 4.25. The topological polar surface area (TPSA) is 76.0 Å². The van der Waals surface area contributed by atoms with Crippen molar-refractivity contribution in [3.05, 3.63) is 0 Å². The molecule has 0 saturated heterocycles. The quantitative estimate of drug-likeness (QED) is 0.298. The number of ether oxygens (including phenoxy) is 1. The van der Waals surface area contributed by atoms with Gasteiger partial charge < -0.3 is 9.94 Å². The highest BCUT2D eigenvalue weighted by molar-refractivity contribution is 6.39. The lowest BCUT2D eigenvalue weighted by Crippen LogP contribution is -2.20. The van der Waals surface area contributed by atoms with Crippen LogP contribution in [0.15, 0.2) is 5.16 Å². The molecule has 0 spiro atoms. The fourth-order valence-electron chi connectivity index (χ4n) is 0.675. The molecule has 0 aromatic heterocycles. The van der Waals surface area contributed by atoms with Gasteiger partial charge in [0.15, 0.2) is 5.71 Å². The number of oxime groups is 1. The molecule has 0 bridgehead atoms. The molecule has 0 amide bonds. The highest BCUT2D eigenvalue weighted by atomic mass is 16.5. The van der Waals surface area contributed by atoms with E-state index in [0.717, 1.165) is 0 Å². The molecule has 5 nitrogen and oxygen atoms in total. The van der Waals surface area contributed by atoms with E-state index in [1.54, 1.807) is 13.8 Å². The molecule has 0 aliphatic rings. The number of carbonyl (C=O) groups is 2. The molecular weight excluding hydrogens is 174 g/mol. The van der Waals surface area contributed by atoms with Crippen LogP contribution in [0.3, 0.4) is 0 Å². The van der Waals surface area contributed by atoms with Crippen LogP contribution in [0.2, 0.25) is 0 Å². The van der Waals surface area contributed by atoms with Crippen LogP contribution < -0.4 is 0 Å². The summed E-state index contributed by atoms with van der Waals surface area (Å²) in [7, 11) is 0. The van der Waals surface area contributed by atoms with E-state index < -0.39 is 5.97 Å². The van der Waals surface area contributed by atoms with Crippen molar-refractivity contribution < 1.29 is 19.5 Å². The third-order valence-electron chi connectivity index (χ3n) is 1.39. The van der Waals surface area contributed by atoms with Crippen molar-refractivity contribution in [3.63, 3.8) is 0 Å². The molecule has 0 unspecified atom stereocenters. The van der Waals surface area contributed by atoms with Crippen LogP contribution in [0.5, 0.6) is 0 Å². The van der Waals surface area contributed by atoms with Crippen molar-refractivity contribution >= 4 is 17.5 Å². The molecule has 0 aromatic rings. The van der Waals surface area contributed by atoms with Crippen LogP contribution >= 0.6 is 0 Å². The van der Waals surface area contributed by atoms with Gasteiger partial charge in [0.1, 0.15) is 5.78 Å². The zero-order valence-corrected chi connectivity index (χ0v) is 7.74. The van der Waals surface area contributed by atoms with Crippen molar-refractivity contribution in [1.82, 2.24) is 0 Å². The number of hydrogen-bond donors (Lipinski definition) is 1. The van der Waals surface area contributed by atoms with Crippen molar-refractivity contribution in [2.24, 2.45) is 5.16 Å². The average molecular weight is 187 g/mol. The SMILES string of the molecule is CCOC(=O)/C(CC(=O)CC)=N/O. The number of ketones is 1. The molecule has 74 valence electrons. The van der Waals surface area contributed by atoms with Gasteiger partial charge in [0.2, 0.25) is 0 Å². The standard InChI is InChI=1S/C8H13NO4/c1-3-6(10)5-7(9-12)8(11)13-4-2/h12H,3-5H2,1-2H3/b9-7+. The zero-order chi connectivity index (χ0) is 10.3. The lowest BCUT2D eigenvalue weighted by atomic mass is 10.1. The lowest BCUT2D eigenvalue weighted by Gasteiger charge is -2.01.